The van der Waals surface area contributed by atoms with Crippen LogP contribution < -0.4 is 9.46 Å². The van der Waals surface area contributed by atoms with Crippen LogP contribution in [0.1, 0.15) is 0 Å². The second kappa shape index (κ2) is 5.99. The summed E-state index contributed by atoms with van der Waals surface area (Å²) in [5.74, 6) is 0.185. The molecule has 2 aromatic rings. The van der Waals surface area contributed by atoms with E-state index in [-0.39, 0.29) is 21.5 Å². The van der Waals surface area contributed by atoms with Crippen molar-refractivity contribution in [1.82, 2.24) is 4.98 Å². The zero-order chi connectivity index (χ0) is 14.8. The number of hydrogen-bond acceptors (Lipinski definition) is 4. The van der Waals surface area contributed by atoms with Crippen molar-refractivity contribution in [2.24, 2.45) is 0 Å². The van der Waals surface area contributed by atoms with E-state index < -0.39 is 10.0 Å². The first-order valence-corrected chi connectivity index (χ1v) is 8.06. The van der Waals surface area contributed by atoms with E-state index in [2.05, 4.69) is 25.6 Å². The molecule has 1 aromatic carbocycles. The van der Waals surface area contributed by atoms with Gasteiger partial charge in [0.25, 0.3) is 10.0 Å². The number of halogens is 2. The summed E-state index contributed by atoms with van der Waals surface area (Å²) >= 11 is 9.18. The lowest BCUT2D eigenvalue weighted by molar-refractivity contribution is 0.400. The van der Waals surface area contributed by atoms with Crippen LogP contribution in [0, 0.1) is 0 Å². The van der Waals surface area contributed by atoms with Gasteiger partial charge in [-0.15, -0.1) is 0 Å². The Kier molecular flexibility index (Phi) is 4.52. The number of benzene rings is 1. The van der Waals surface area contributed by atoms with E-state index in [1.165, 1.54) is 25.4 Å². The number of sulfonamides is 1. The van der Waals surface area contributed by atoms with Crippen molar-refractivity contribution in [3.05, 3.63) is 46.0 Å². The molecule has 0 saturated carbocycles. The van der Waals surface area contributed by atoms with Crippen LogP contribution in [-0.4, -0.2) is 20.5 Å². The first kappa shape index (κ1) is 15.1. The van der Waals surface area contributed by atoms with Gasteiger partial charge in [0.05, 0.1) is 12.1 Å². The molecule has 1 N–H and O–H groups in total. The van der Waals surface area contributed by atoms with E-state index >= 15 is 0 Å². The molecule has 1 aromatic heterocycles. The van der Waals surface area contributed by atoms with Gasteiger partial charge in [-0.3, -0.25) is 4.72 Å². The number of rotatable bonds is 4. The second-order valence-electron chi connectivity index (χ2n) is 3.74. The number of aromatic nitrogens is 1. The van der Waals surface area contributed by atoms with E-state index in [1.807, 2.05) is 0 Å². The summed E-state index contributed by atoms with van der Waals surface area (Å²) in [6.45, 7) is 0. The first-order valence-electron chi connectivity index (χ1n) is 5.41. The van der Waals surface area contributed by atoms with Gasteiger partial charge in [-0.25, -0.2) is 13.4 Å². The maximum atomic E-state index is 12.3. The number of ether oxygens (including phenoxy) is 1. The number of anilines is 1. The Bertz CT molecular complexity index is 737. The summed E-state index contributed by atoms with van der Waals surface area (Å²) in [5.41, 5.74) is 0.244. The van der Waals surface area contributed by atoms with Crippen molar-refractivity contribution in [2.45, 2.75) is 4.90 Å². The third-order valence-corrected chi connectivity index (χ3v) is 4.73. The van der Waals surface area contributed by atoms with Gasteiger partial charge in [0.15, 0.2) is 0 Å². The minimum Gasteiger partial charge on any atom is -0.480 e. The maximum Gasteiger partial charge on any atom is 0.263 e. The quantitative estimate of drug-likeness (QED) is 0.887. The number of pyridine rings is 1. The monoisotopic (exact) mass is 376 g/mol. The van der Waals surface area contributed by atoms with Crippen molar-refractivity contribution in [3.63, 3.8) is 0 Å². The molecular formula is C12H10BrClN2O3S. The normalized spacial score (nSPS) is 11.2. The van der Waals surface area contributed by atoms with Gasteiger partial charge in [-0.05, 0) is 30.3 Å². The molecule has 1 heterocycles. The van der Waals surface area contributed by atoms with Crippen LogP contribution in [0.3, 0.4) is 0 Å². The van der Waals surface area contributed by atoms with Gasteiger partial charge in [0.1, 0.15) is 10.6 Å². The van der Waals surface area contributed by atoms with Crippen LogP contribution in [0.4, 0.5) is 5.69 Å². The average Bonchev–Trinajstić information content (AvgIpc) is 2.38. The lowest BCUT2D eigenvalue weighted by atomic mass is 10.4. The number of nitrogens with one attached hydrogen (secondary N) is 1. The molecule has 0 radical (unpaired) electrons. The van der Waals surface area contributed by atoms with E-state index in [0.29, 0.717) is 4.47 Å². The Morgan fingerprint density at radius 2 is 2.10 bits per heavy atom. The van der Waals surface area contributed by atoms with Crippen LogP contribution in [-0.2, 0) is 10.0 Å². The molecule has 0 amide bonds. The topological polar surface area (TPSA) is 68.3 Å². The van der Waals surface area contributed by atoms with Crippen molar-refractivity contribution < 1.29 is 13.2 Å². The fraction of sp³-hybridized carbons (Fsp3) is 0.0833. The van der Waals surface area contributed by atoms with Crippen LogP contribution in [0.5, 0.6) is 5.88 Å². The maximum absolute atomic E-state index is 12.3. The van der Waals surface area contributed by atoms with Gasteiger partial charge in [-0.1, -0.05) is 27.5 Å². The molecule has 0 spiro atoms. The van der Waals surface area contributed by atoms with Gasteiger partial charge in [0, 0.05) is 10.7 Å². The Labute approximate surface area is 130 Å². The molecule has 0 saturated heterocycles. The second-order valence-corrected chi connectivity index (χ2v) is 6.71. The molecule has 0 atom stereocenters. The molecule has 0 bridgehead atoms. The highest BCUT2D eigenvalue weighted by atomic mass is 79.9. The van der Waals surface area contributed by atoms with Crippen LogP contribution in [0.15, 0.2) is 45.9 Å². The number of hydrogen-bond donors (Lipinski definition) is 1. The molecule has 0 aliphatic heterocycles. The van der Waals surface area contributed by atoms with Crippen molar-refractivity contribution in [2.75, 3.05) is 11.8 Å². The highest BCUT2D eigenvalue weighted by Crippen LogP contribution is 2.29. The lowest BCUT2D eigenvalue weighted by Gasteiger charge is -2.11. The predicted octanol–water partition coefficient (Wildman–Crippen LogP) is 3.31. The zero-order valence-corrected chi connectivity index (χ0v) is 13.5. The molecule has 2 rings (SSSR count). The van der Waals surface area contributed by atoms with E-state index in [0.717, 1.165) is 0 Å². The number of nitrogens with zero attached hydrogens (tertiary/aromatic N) is 1. The van der Waals surface area contributed by atoms with E-state index in [9.17, 15) is 8.42 Å². The van der Waals surface area contributed by atoms with Crippen molar-refractivity contribution >= 4 is 43.2 Å². The fourth-order valence-electron chi connectivity index (χ4n) is 1.52. The van der Waals surface area contributed by atoms with Gasteiger partial charge < -0.3 is 4.74 Å². The molecule has 0 fully saturated rings. The molecule has 0 aliphatic rings. The molecule has 106 valence electrons. The highest BCUT2D eigenvalue weighted by molar-refractivity contribution is 9.10. The third kappa shape index (κ3) is 3.23. The molecule has 0 unspecified atom stereocenters. The predicted molar refractivity (Wildman–Crippen MR) is 80.7 cm³/mol. The molecule has 5 nitrogen and oxygen atoms in total. The SMILES string of the molecule is COc1ncccc1NS(=O)(=O)c1ccc(Br)cc1Cl. The summed E-state index contributed by atoms with van der Waals surface area (Å²) in [5, 5.41) is 0.120. The summed E-state index contributed by atoms with van der Waals surface area (Å²) in [4.78, 5) is 3.90. The largest absolute Gasteiger partial charge is 0.480 e. The van der Waals surface area contributed by atoms with Crippen LogP contribution in [0.25, 0.3) is 0 Å². The smallest absolute Gasteiger partial charge is 0.263 e. The minimum atomic E-state index is -3.82. The van der Waals surface area contributed by atoms with Gasteiger partial charge in [-0.2, -0.15) is 0 Å². The number of methoxy groups -OCH3 is 1. The van der Waals surface area contributed by atoms with Crippen molar-refractivity contribution in [3.8, 4) is 5.88 Å². The van der Waals surface area contributed by atoms with E-state index in [1.54, 1.807) is 18.2 Å². The summed E-state index contributed by atoms with van der Waals surface area (Å²) in [6, 6.07) is 7.68. The third-order valence-electron chi connectivity index (χ3n) is 2.39. The molecular weight excluding hydrogens is 368 g/mol. The zero-order valence-electron chi connectivity index (χ0n) is 10.3. The molecule has 0 aliphatic carbocycles. The summed E-state index contributed by atoms with van der Waals surface area (Å²) < 4.78 is 32.7. The Morgan fingerprint density at radius 3 is 2.75 bits per heavy atom. The van der Waals surface area contributed by atoms with Crippen LogP contribution >= 0.6 is 27.5 Å². The first-order chi connectivity index (χ1) is 9.44. The average molecular weight is 378 g/mol. The summed E-state index contributed by atoms with van der Waals surface area (Å²) in [7, 11) is -2.41. The Hall–Kier alpha value is -1.31. The molecule has 8 heteroatoms. The minimum absolute atomic E-state index is 0.0201. The van der Waals surface area contributed by atoms with E-state index in [4.69, 9.17) is 16.3 Å². The van der Waals surface area contributed by atoms with Gasteiger partial charge in [0.2, 0.25) is 5.88 Å². The van der Waals surface area contributed by atoms with Gasteiger partial charge >= 0.3 is 0 Å². The van der Waals surface area contributed by atoms with Crippen molar-refractivity contribution in [1.29, 1.82) is 0 Å². The Balaban J connectivity index is 2.41. The Morgan fingerprint density at radius 1 is 1.35 bits per heavy atom. The lowest BCUT2D eigenvalue weighted by Crippen LogP contribution is -2.14. The fourth-order valence-corrected chi connectivity index (χ4v) is 3.62. The summed E-state index contributed by atoms with van der Waals surface area (Å²) in [6.07, 6.45) is 1.50. The standard InChI is InChI=1S/C12H10BrClN2O3S/c1-19-12-10(3-2-6-15-12)16-20(17,18)11-5-4-8(13)7-9(11)14/h2-7,16H,1H3. The highest BCUT2D eigenvalue weighted by Gasteiger charge is 2.20. The van der Waals surface area contributed by atoms with Crippen LogP contribution in [0.2, 0.25) is 5.02 Å². The molecule has 20 heavy (non-hydrogen) atoms.